The van der Waals surface area contributed by atoms with Gasteiger partial charge in [0.15, 0.2) is 0 Å². The number of rotatable bonds is 3. The maximum Gasteiger partial charge on any atom is 0.137 e. The SMILES string of the molecule is OC(Cc1cccc(F)c1Br)C1CCC2CCCCC2C1. The zero-order chi connectivity index (χ0) is 14.8. The predicted molar refractivity (Wildman–Crippen MR) is 86.6 cm³/mol. The summed E-state index contributed by atoms with van der Waals surface area (Å²) in [4.78, 5) is 0. The molecule has 2 saturated carbocycles. The second-order valence-corrected chi connectivity index (χ2v) is 7.66. The Kier molecular flexibility index (Phi) is 5.00. The Bertz CT molecular complexity index is 490. The Morgan fingerprint density at radius 3 is 2.71 bits per heavy atom. The lowest BCUT2D eigenvalue weighted by molar-refractivity contribution is 0.0360. The Labute approximate surface area is 135 Å². The molecule has 3 heteroatoms. The normalized spacial score (nSPS) is 30.7. The van der Waals surface area contributed by atoms with Crippen molar-refractivity contribution in [2.75, 3.05) is 0 Å². The van der Waals surface area contributed by atoms with E-state index in [2.05, 4.69) is 15.9 Å². The van der Waals surface area contributed by atoms with Gasteiger partial charge in [0.05, 0.1) is 10.6 Å². The number of hydrogen-bond donors (Lipinski definition) is 1. The third-order valence-corrected chi connectivity index (χ3v) is 6.47. The minimum Gasteiger partial charge on any atom is -0.392 e. The Balaban J connectivity index is 1.63. The number of halogens is 2. The van der Waals surface area contributed by atoms with Crippen molar-refractivity contribution in [2.45, 2.75) is 57.5 Å². The molecular weight excluding hydrogens is 331 g/mol. The van der Waals surface area contributed by atoms with Crippen LogP contribution in [0, 0.1) is 23.6 Å². The minimum absolute atomic E-state index is 0.240. The topological polar surface area (TPSA) is 20.2 Å². The third-order valence-electron chi connectivity index (χ3n) is 5.59. The molecule has 1 N–H and O–H groups in total. The number of aliphatic hydroxyl groups is 1. The molecule has 0 spiro atoms. The van der Waals surface area contributed by atoms with Crippen molar-refractivity contribution in [3.63, 3.8) is 0 Å². The highest BCUT2D eigenvalue weighted by molar-refractivity contribution is 9.10. The lowest BCUT2D eigenvalue weighted by atomic mass is 9.66. The number of hydrogen-bond acceptors (Lipinski definition) is 1. The quantitative estimate of drug-likeness (QED) is 0.800. The van der Waals surface area contributed by atoms with E-state index in [9.17, 15) is 9.50 Å². The van der Waals surface area contributed by atoms with Gasteiger partial charge in [0.25, 0.3) is 0 Å². The fourth-order valence-corrected chi connectivity index (χ4v) is 4.78. The van der Waals surface area contributed by atoms with Crippen LogP contribution in [0.2, 0.25) is 0 Å². The van der Waals surface area contributed by atoms with Crippen LogP contribution in [0.4, 0.5) is 4.39 Å². The summed E-state index contributed by atoms with van der Waals surface area (Å²) in [6, 6.07) is 5.08. The molecule has 0 amide bonds. The van der Waals surface area contributed by atoms with Crippen LogP contribution in [-0.4, -0.2) is 11.2 Å². The highest BCUT2D eigenvalue weighted by atomic mass is 79.9. The van der Waals surface area contributed by atoms with Crippen molar-refractivity contribution in [1.82, 2.24) is 0 Å². The summed E-state index contributed by atoms with van der Waals surface area (Å²) >= 11 is 3.30. The van der Waals surface area contributed by atoms with Gasteiger partial charge >= 0.3 is 0 Å². The predicted octanol–water partition coefficient (Wildman–Crippen LogP) is 5.10. The Morgan fingerprint density at radius 1 is 1.14 bits per heavy atom. The van der Waals surface area contributed by atoms with Crippen LogP contribution >= 0.6 is 15.9 Å². The van der Waals surface area contributed by atoms with Crippen molar-refractivity contribution in [3.8, 4) is 0 Å². The Morgan fingerprint density at radius 2 is 1.90 bits per heavy atom. The number of fused-ring (bicyclic) bond motifs is 1. The fourth-order valence-electron chi connectivity index (χ4n) is 4.36. The molecule has 1 aromatic carbocycles. The van der Waals surface area contributed by atoms with Gasteiger partial charge < -0.3 is 5.11 Å². The second kappa shape index (κ2) is 6.78. The van der Waals surface area contributed by atoms with Crippen LogP contribution in [0.25, 0.3) is 0 Å². The van der Waals surface area contributed by atoms with Crippen LogP contribution in [0.3, 0.4) is 0 Å². The molecule has 1 nitrogen and oxygen atoms in total. The smallest absolute Gasteiger partial charge is 0.137 e. The molecule has 4 atom stereocenters. The van der Waals surface area contributed by atoms with Gasteiger partial charge in [0, 0.05) is 0 Å². The zero-order valence-corrected chi connectivity index (χ0v) is 14.0. The summed E-state index contributed by atoms with van der Waals surface area (Å²) < 4.78 is 14.1. The van der Waals surface area contributed by atoms with Gasteiger partial charge in [-0.25, -0.2) is 4.39 Å². The summed E-state index contributed by atoms with van der Waals surface area (Å²) in [6.45, 7) is 0. The largest absolute Gasteiger partial charge is 0.392 e. The van der Waals surface area contributed by atoms with Crippen LogP contribution in [0.5, 0.6) is 0 Å². The molecule has 0 bridgehead atoms. The van der Waals surface area contributed by atoms with Crippen molar-refractivity contribution in [2.24, 2.45) is 17.8 Å². The van der Waals surface area contributed by atoms with Crippen LogP contribution < -0.4 is 0 Å². The summed E-state index contributed by atoms with van der Waals surface area (Å²) in [7, 11) is 0. The minimum atomic E-state index is -0.342. The molecule has 116 valence electrons. The van der Waals surface area contributed by atoms with E-state index in [1.807, 2.05) is 6.07 Å². The molecule has 2 fully saturated rings. The van der Waals surface area contributed by atoms with E-state index in [0.717, 1.165) is 23.8 Å². The van der Waals surface area contributed by atoms with E-state index >= 15 is 0 Å². The van der Waals surface area contributed by atoms with Gasteiger partial charge in [0.1, 0.15) is 5.82 Å². The molecular formula is C18H24BrFO. The first-order valence-electron chi connectivity index (χ1n) is 8.26. The second-order valence-electron chi connectivity index (χ2n) is 6.86. The molecule has 0 aromatic heterocycles. The van der Waals surface area contributed by atoms with E-state index in [1.54, 1.807) is 6.07 Å². The third kappa shape index (κ3) is 3.50. The fraction of sp³-hybridized carbons (Fsp3) is 0.667. The average molecular weight is 355 g/mol. The first kappa shape index (κ1) is 15.5. The number of benzene rings is 1. The Hall–Kier alpha value is -0.410. The van der Waals surface area contributed by atoms with Crippen molar-refractivity contribution in [3.05, 3.63) is 34.1 Å². The molecule has 21 heavy (non-hydrogen) atoms. The molecule has 0 heterocycles. The summed E-state index contributed by atoms with van der Waals surface area (Å²) in [5.41, 5.74) is 0.883. The average Bonchev–Trinajstić information content (AvgIpc) is 2.51. The molecule has 0 aliphatic heterocycles. The van der Waals surface area contributed by atoms with Gasteiger partial charge in [-0.15, -0.1) is 0 Å². The van der Waals surface area contributed by atoms with E-state index in [0.29, 0.717) is 16.8 Å². The van der Waals surface area contributed by atoms with E-state index in [1.165, 1.54) is 44.6 Å². The van der Waals surface area contributed by atoms with Gasteiger partial charge in [-0.3, -0.25) is 0 Å². The maximum absolute atomic E-state index is 13.6. The summed E-state index contributed by atoms with van der Waals surface area (Å²) in [5.74, 6) is 1.88. The first-order chi connectivity index (χ1) is 10.1. The van der Waals surface area contributed by atoms with Crippen LogP contribution in [-0.2, 0) is 6.42 Å². The van der Waals surface area contributed by atoms with Crippen LogP contribution in [0.1, 0.15) is 50.5 Å². The monoisotopic (exact) mass is 354 g/mol. The lowest BCUT2D eigenvalue weighted by Gasteiger charge is -2.40. The highest BCUT2D eigenvalue weighted by Crippen LogP contribution is 2.44. The molecule has 1 aromatic rings. The zero-order valence-electron chi connectivity index (χ0n) is 12.4. The number of aliphatic hydroxyl groups excluding tert-OH is 1. The molecule has 3 rings (SSSR count). The van der Waals surface area contributed by atoms with E-state index < -0.39 is 0 Å². The molecule has 2 aliphatic rings. The van der Waals surface area contributed by atoms with E-state index in [-0.39, 0.29) is 11.9 Å². The molecule has 4 unspecified atom stereocenters. The van der Waals surface area contributed by atoms with Crippen molar-refractivity contribution in [1.29, 1.82) is 0 Å². The lowest BCUT2D eigenvalue weighted by Crippen LogP contribution is -2.34. The summed E-state index contributed by atoms with van der Waals surface area (Å²) in [5, 5.41) is 10.6. The maximum atomic E-state index is 13.6. The van der Waals surface area contributed by atoms with Crippen LogP contribution in [0.15, 0.2) is 22.7 Å². The van der Waals surface area contributed by atoms with Gasteiger partial charge in [-0.1, -0.05) is 37.8 Å². The van der Waals surface area contributed by atoms with E-state index in [4.69, 9.17) is 0 Å². The van der Waals surface area contributed by atoms with Gasteiger partial charge in [0.2, 0.25) is 0 Å². The highest BCUT2D eigenvalue weighted by Gasteiger charge is 2.35. The molecule has 0 saturated heterocycles. The summed E-state index contributed by atoms with van der Waals surface area (Å²) in [6.07, 6.45) is 9.28. The van der Waals surface area contributed by atoms with Crippen molar-refractivity contribution < 1.29 is 9.50 Å². The van der Waals surface area contributed by atoms with Crippen molar-refractivity contribution >= 4 is 15.9 Å². The van der Waals surface area contributed by atoms with Gasteiger partial charge in [-0.05, 0) is 71.0 Å². The first-order valence-corrected chi connectivity index (χ1v) is 9.05. The molecule has 2 aliphatic carbocycles. The standard InChI is InChI=1S/C18H24BrFO/c19-18-15(6-3-7-16(18)20)11-17(21)14-9-8-12-4-1-2-5-13(12)10-14/h3,6-7,12-14,17,21H,1-2,4-5,8-11H2. The van der Waals surface area contributed by atoms with Gasteiger partial charge in [-0.2, -0.15) is 0 Å². The molecule has 0 radical (unpaired) electrons.